The van der Waals surface area contributed by atoms with Crippen LogP contribution in [-0.4, -0.2) is 37.2 Å². The molecule has 0 aromatic heterocycles. The molecule has 0 aromatic rings. The van der Waals surface area contributed by atoms with Crippen LogP contribution in [0.1, 0.15) is 0 Å². The highest BCUT2D eigenvalue weighted by Crippen LogP contribution is 2.36. The minimum absolute atomic E-state index is 0.459. The topological polar surface area (TPSA) is 43.4 Å². The second-order valence-corrected chi connectivity index (χ2v) is 5.66. The van der Waals surface area contributed by atoms with Gasteiger partial charge in [-0.25, -0.2) is 4.39 Å². The summed E-state index contributed by atoms with van der Waals surface area (Å²) < 4.78 is 95.8. The van der Waals surface area contributed by atoms with Crippen molar-refractivity contribution >= 4 is 33.5 Å². The second kappa shape index (κ2) is 5.85. The van der Waals surface area contributed by atoms with Crippen molar-refractivity contribution in [2.75, 3.05) is 12.4 Å². The minimum atomic E-state index is -5.82. The van der Waals surface area contributed by atoms with Crippen molar-refractivity contribution in [2.45, 2.75) is 16.4 Å². The van der Waals surface area contributed by atoms with Crippen LogP contribution in [-0.2, 0) is 14.3 Å². The molecule has 0 saturated carbocycles. The van der Waals surface area contributed by atoms with Gasteiger partial charge in [-0.05, 0) is 0 Å². The molecule has 17 heavy (non-hydrogen) atoms. The molecule has 0 rings (SSSR count). The van der Waals surface area contributed by atoms with E-state index in [2.05, 4.69) is 15.8 Å². The van der Waals surface area contributed by atoms with Crippen LogP contribution in [0.15, 0.2) is 0 Å². The Labute approximate surface area is 102 Å². The quantitative estimate of drug-likeness (QED) is 0.247. The van der Waals surface area contributed by atoms with E-state index >= 15 is 0 Å². The fraction of sp³-hybridized carbons (Fsp3) is 1.00. The van der Waals surface area contributed by atoms with Gasteiger partial charge in [0.15, 0.2) is 0 Å². The van der Waals surface area contributed by atoms with Gasteiger partial charge in [0.25, 0.3) is 0 Å². The van der Waals surface area contributed by atoms with Gasteiger partial charge in [0.2, 0.25) is 5.63 Å². The van der Waals surface area contributed by atoms with Crippen molar-refractivity contribution in [3.63, 3.8) is 0 Å². The van der Waals surface area contributed by atoms with Crippen molar-refractivity contribution in [1.29, 1.82) is 0 Å². The highest BCUT2D eigenvalue weighted by Gasteiger charge is 2.47. The molecule has 0 bridgehead atoms. The van der Waals surface area contributed by atoms with Gasteiger partial charge in [-0.1, -0.05) is 23.4 Å². The van der Waals surface area contributed by atoms with Gasteiger partial charge in [-0.3, -0.25) is 4.18 Å². The normalized spacial score (nSPS) is 15.9. The summed E-state index contributed by atoms with van der Waals surface area (Å²) in [5, 5.41) is -4.03. The first kappa shape index (κ1) is 17.1. The Kier molecular flexibility index (Phi) is 5.89. The maximum absolute atomic E-state index is 12.4. The molecule has 0 heterocycles. The maximum Gasteiger partial charge on any atom is 0.523 e. The highest BCUT2D eigenvalue weighted by atomic mass is 35.5. The van der Waals surface area contributed by atoms with E-state index in [1.165, 1.54) is 0 Å². The van der Waals surface area contributed by atoms with Crippen LogP contribution in [0.3, 0.4) is 0 Å². The summed E-state index contributed by atoms with van der Waals surface area (Å²) >= 11 is 3.98. The number of rotatable bonds is 6. The molecule has 0 aromatic carbocycles. The van der Waals surface area contributed by atoms with Crippen molar-refractivity contribution in [1.82, 2.24) is 0 Å². The summed E-state index contributed by atoms with van der Waals surface area (Å²) in [5.74, 6) is -0.880. The number of hydrogen-bond acceptors (Lipinski definition) is 4. The molecule has 0 aliphatic carbocycles. The van der Waals surface area contributed by atoms with E-state index in [9.17, 15) is 34.8 Å². The third-order valence-electron chi connectivity index (χ3n) is 1.15. The molecule has 0 N–H and O–H groups in total. The predicted octanol–water partition coefficient (Wildman–Crippen LogP) is 2.71. The van der Waals surface area contributed by atoms with Crippen molar-refractivity contribution in [3.8, 4) is 0 Å². The first-order valence-electron chi connectivity index (χ1n) is 3.66. The van der Waals surface area contributed by atoms with Crippen LogP contribution in [0.25, 0.3) is 0 Å². The van der Waals surface area contributed by atoms with Crippen LogP contribution in [0.5, 0.6) is 0 Å². The largest absolute Gasteiger partial charge is 0.523 e. The minimum Gasteiger partial charge on any atom is -0.262 e. The lowest BCUT2D eigenvalue weighted by Crippen LogP contribution is -2.27. The van der Waals surface area contributed by atoms with E-state index in [1.807, 2.05) is 0 Å². The van der Waals surface area contributed by atoms with Crippen LogP contribution in [0.4, 0.5) is 26.3 Å². The van der Waals surface area contributed by atoms with E-state index in [1.54, 1.807) is 0 Å². The first-order chi connectivity index (χ1) is 7.40. The fourth-order valence-corrected chi connectivity index (χ4v) is 1.75. The van der Waals surface area contributed by atoms with E-state index in [0.29, 0.717) is 0 Å². The average molecular weight is 327 g/mol. The van der Waals surface area contributed by atoms with Gasteiger partial charge < -0.3 is 0 Å². The van der Waals surface area contributed by atoms with Gasteiger partial charge in [-0.15, -0.1) is 0 Å². The summed E-state index contributed by atoms with van der Waals surface area (Å²) in [6, 6.07) is 0. The van der Waals surface area contributed by atoms with E-state index in [4.69, 9.17) is 0 Å². The molecule has 1 unspecified atom stereocenters. The lowest BCUT2D eigenvalue weighted by atomic mass is 10.8. The molecule has 0 radical (unpaired) electrons. The molecule has 0 saturated heterocycles. The predicted molar refractivity (Wildman–Crippen MR) is 49.1 cm³/mol. The van der Waals surface area contributed by atoms with Crippen LogP contribution in [0, 0.1) is 0 Å². The Morgan fingerprint density at radius 2 is 1.71 bits per heavy atom. The molecule has 0 aliphatic rings. The summed E-state index contributed by atoms with van der Waals surface area (Å²) in [5.41, 5.74) is -8.67. The lowest BCUT2D eigenvalue weighted by Gasteiger charge is -2.15. The van der Waals surface area contributed by atoms with Gasteiger partial charge in [0.05, 0.1) is 6.61 Å². The Morgan fingerprint density at radius 3 is 2.06 bits per heavy atom. The molecule has 0 spiro atoms. The van der Waals surface area contributed by atoms with Crippen LogP contribution < -0.4 is 0 Å². The number of halogens is 7. The zero-order valence-corrected chi connectivity index (χ0v) is 10.1. The Hall–Kier alpha value is 0.130. The summed E-state index contributed by atoms with van der Waals surface area (Å²) in [4.78, 5) is 0. The van der Waals surface area contributed by atoms with Crippen molar-refractivity contribution in [2.24, 2.45) is 0 Å². The first-order valence-corrected chi connectivity index (χ1v) is 6.49. The lowest BCUT2D eigenvalue weighted by molar-refractivity contribution is -0.0538. The molecular weight excluding hydrogens is 322 g/mol. The summed E-state index contributed by atoms with van der Waals surface area (Å²) in [6.07, 6.45) is 0. The Morgan fingerprint density at radius 1 is 1.24 bits per heavy atom. The van der Waals surface area contributed by atoms with Gasteiger partial charge >= 0.3 is 20.9 Å². The smallest absolute Gasteiger partial charge is 0.262 e. The van der Waals surface area contributed by atoms with E-state index in [-0.39, 0.29) is 0 Å². The highest BCUT2D eigenvalue weighted by molar-refractivity contribution is 8.00. The van der Waals surface area contributed by atoms with Crippen molar-refractivity contribution < 1.29 is 38.9 Å². The third-order valence-corrected chi connectivity index (χ3v) is 3.56. The molecule has 104 valence electrons. The third kappa shape index (κ3) is 5.53. The van der Waals surface area contributed by atoms with Gasteiger partial charge in [0.1, 0.15) is 0 Å². The van der Waals surface area contributed by atoms with Crippen molar-refractivity contribution in [3.05, 3.63) is 0 Å². The SMILES string of the molecule is O=S(=O)(OCCSC(F)(F)C(F)Cl)C(F)(F)F. The maximum atomic E-state index is 12.4. The van der Waals surface area contributed by atoms with Crippen LogP contribution in [0.2, 0.25) is 0 Å². The van der Waals surface area contributed by atoms with Gasteiger partial charge in [-0.2, -0.15) is 30.4 Å². The van der Waals surface area contributed by atoms with E-state index in [0.717, 1.165) is 0 Å². The zero-order valence-electron chi connectivity index (χ0n) is 7.68. The zero-order chi connectivity index (χ0) is 13.9. The monoisotopic (exact) mass is 326 g/mol. The second-order valence-electron chi connectivity index (χ2n) is 2.43. The molecule has 12 heteroatoms. The number of thioether (sulfide) groups is 1. The molecular formula is C5H5ClF6O3S2. The summed E-state index contributed by atoms with van der Waals surface area (Å²) in [6.45, 7) is -1.17. The molecule has 0 amide bonds. The number of alkyl halides is 7. The fourth-order valence-electron chi connectivity index (χ4n) is 0.451. The Balaban J connectivity index is 4.12. The van der Waals surface area contributed by atoms with Crippen LogP contribution >= 0.6 is 23.4 Å². The molecule has 0 aliphatic heterocycles. The molecule has 1 atom stereocenters. The molecule has 3 nitrogen and oxygen atoms in total. The number of hydrogen-bond donors (Lipinski definition) is 0. The average Bonchev–Trinajstić information content (AvgIpc) is 2.10. The summed E-state index contributed by atoms with van der Waals surface area (Å²) in [7, 11) is -5.82. The Bertz CT molecular complexity index is 340. The standard InChI is InChI=1S/C5H5ClF6O3S2/c6-3(7)4(8,9)16-2-1-15-17(13,14)5(10,11)12/h3H,1-2H2. The molecule has 0 fully saturated rings. The van der Waals surface area contributed by atoms with Gasteiger partial charge in [0, 0.05) is 5.75 Å². The van der Waals surface area contributed by atoms with E-state index < -0.39 is 50.6 Å².